The van der Waals surface area contributed by atoms with E-state index >= 15 is 0 Å². The quantitative estimate of drug-likeness (QED) is 0.603. The van der Waals surface area contributed by atoms with E-state index in [0.717, 1.165) is 0 Å². The van der Waals surface area contributed by atoms with Crippen molar-refractivity contribution in [3.05, 3.63) is 29.7 Å². The number of benzene rings is 1. The maximum absolute atomic E-state index is 13.4. The van der Waals surface area contributed by atoms with E-state index in [9.17, 15) is 9.18 Å². The van der Waals surface area contributed by atoms with Crippen LogP contribution in [0.15, 0.2) is 18.2 Å². The maximum Gasteiger partial charge on any atom is 0.355 e. The highest BCUT2D eigenvalue weighted by molar-refractivity contribution is 5.95. The second kappa shape index (κ2) is 2.73. The minimum atomic E-state index is -1.32. The number of H-pyrrole nitrogens is 1. The Morgan fingerprint density at radius 2 is 2.21 bits per heavy atom. The molecule has 14 heavy (non-hydrogen) atoms. The molecule has 1 heterocycles. The van der Waals surface area contributed by atoms with Gasteiger partial charge in [0.1, 0.15) is 0 Å². The average Bonchev–Trinajstić information content (AvgIpc) is 2.44. The molecule has 0 amide bonds. The first-order chi connectivity index (χ1) is 6.59. The van der Waals surface area contributed by atoms with Gasteiger partial charge in [-0.2, -0.15) is 0 Å². The summed E-state index contributed by atoms with van der Waals surface area (Å²) in [6.45, 7) is 0. The van der Waals surface area contributed by atoms with Gasteiger partial charge >= 0.3 is 5.97 Å². The molecule has 0 bridgehead atoms. The average molecular weight is 194 g/mol. The molecule has 4 nitrogen and oxygen atoms in total. The number of carbonyl (C=O) groups is 1. The SMILES string of the molecule is Nc1ccc2[nH]c(C(=O)O)c(F)c2c1. The van der Waals surface area contributed by atoms with Crippen molar-refractivity contribution in [1.82, 2.24) is 4.98 Å². The molecule has 2 rings (SSSR count). The number of nitrogens with one attached hydrogen (secondary N) is 1. The summed E-state index contributed by atoms with van der Waals surface area (Å²) in [4.78, 5) is 13.0. The van der Waals surface area contributed by atoms with E-state index < -0.39 is 17.5 Å². The summed E-state index contributed by atoms with van der Waals surface area (Å²) in [6.07, 6.45) is 0. The van der Waals surface area contributed by atoms with Gasteiger partial charge in [-0.1, -0.05) is 0 Å². The summed E-state index contributed by atoms with van der Waals surface area (Å²) in [5.74, 6) is -2.10. The fourth-order valence-corrected chi connectivity index (χ4v) is 1.32. The van der Waals surface area contributed by atoms with E-state index in [-0.39, 0.29) is 5.39 Å². The molecule has 1 aromatic heterocycles. The summed E-state index contributed by atoms with van der Waals surface area (Å²) in [7, 11) is 0. The van der Waals surface area contributed by atoms with Crippen molar-refractivity contribution in [1.29, 1.82) is 0 Å². The van der Waals surface area contributed by atoms with E-state index in [0.29, 0.717) is 11.2 Å². The predicted molar refractivity (Wildman–Crippen MR) is 49.6 cm³/mol. The van der Waals surface area contributed by atoms with Crippen molar-refractivity contribution in [3.63, 3.8) is 0 Å². The minimum Gasteiger partial charge on any atom is -0.476 e. The lowest BCUT2D eigenvalue weighted by atomic mass is 10.2. The summed E-state index contributed by atoms with van der Waals surface area (Å²) in [5, 5.41) is 8.83. The van der Waals surface area contributed by atoms with Crippen LogP contribution < -0.4 is 5.73 Å². The molecule has 0 aliphatic heterocycles. The number of nitrogens with two attached hydrogens (primary N) is 1. The molecule has 0 fully saturated rings. The molecular weight excluding hydrogens is 187 g/mol. The van der Waals surface area contributed by atoms with E-state index in [4.69, 9.17) is 10.8 Å². The molecule has 4 N–H and O–H groups in total. The molecular formula is C9H7FN2O2. The van der Waals surface area contributed by atoms with Crippen LogP contribution in [0.25, 0.3) is 10.9 Å². The van der Waals surface area contributed by atoms with Crippen LogP contribution in [0, 0.1) is 5.82 Å². The van der Waals surface area contributed by atoms with Gasteiger partial charge < -0.3 is 15.8 Å². The smallest absolute Gasteiger partial charge is 0.355 e. The number of rotatable bonds is 1. The predicted octanol–water partition coefficient (Wildman–Crippen LogP) is 1.59. The normalized spacial score (nSPS) is 10.6. The monoisotopic (exact) mass is 194 g/mol. The fraction of sp³-hybridized carbons (Fsp3) is 0. The number of carboxylic acid groups (broad SMARTS) is 1. The Balaban J connectivity index is 2.80. The summed E-state index contributed by atoms with van der Waals surface area (Å²) < 4.78 is 13.4. The molecule has 5 heteroatoms. The number of aromatic nitrogens is 1. The second-order valence-corrected chi connectivity index (χ2v) is 2.92. The van der Waals surface area contributed by atoms with Gasteiger partial charge in [0.05, 0.1) is 0 Å². The van der Waals surface area contributed by atoms with Crippen LogP contribution in [0.3, 0.4) is 0 Å². The fourth-order valence-electron chi connectivity index (χ4n) is 1.32. The van der Waals surface area contributed by atoms with E-state index in [1.54, 1.807) is 12.1 Å². The van der Waals surface area contributed by atoms with Crippen molar-refractivity contribution in [3.8, 4) is 0 Å². The largest absolute Gasteiger partial charge is 0.476 e. The van der Waals surface area contributed by atoms with Crippen LogP contribution in [0.2, 0.25) is 0 Å². The molecule has 2 aromatic rings. The van der Waals surface area contributed by atoms with Crippen molar-refractivity contribution >= 4 is 22.6 Å². The van der Waals surface area contributed by atoms with Crippen LogP contribution in [-0.4, -0.2) is 16.1 Å². The van der Waals surface area contributed by atoms with E-state index in [1.807, 2.05) is 0 Å². The zero-order valence-corrected chi connectivity index (χ0v) is 7.04. The number of anilines is 1. The third kappa shape index (κ3) is 1.10. The van der Waals surface area contributed by atoms with Gasteiger partial charge in [0, 0.05) is 16.6 Å². The van der Waals surface area contributed by atoms with Crippen molar-refractivity contribution in [2.45, 2.75) is 0 Å². The van der Waals surface area contributed by atoms with Gasteiger partial charge in [-0.05, 0) is 18.2 Å². The lowest BCUT2D eigenvalue weighted by Gasteiger charge is -1.91. The van der Waals surface area contributed by atoms with Crippen molar-refractivity contribution in [2.24, 2.45) is 0 Å². The molecule has 0 saturated carbocycles. The number of hydrogen-bond donors (Lipinski definition) is 3. The van der Waals surface area contributed by atoms with Gasteiger partial charge in [-0.3, -0.25) is 0 Å². The van der Waals surface area contributed by atoms with Crippen LogP contribution in [0.1, 0.15) is 10.5 Å². The van der Waals surface area contributed by atoms with Gasteiger partial charge in [0.25, 0.3) is 0 Å². The Hall–Kier alpha value is -2.04. The molecule has 0 spiro atoms. The number of nitrogen functional groups attached to an aromatic ring is 1. The lowest BCUT2D eigenvalue weighted by molar-refractivity contribution is 0.0686. The van der Waals surface area contributed by atoms with Crippen LogP contribution in [0.5, 0.6) is 0 Å². The van der Waals surface area contributed by atoms with E-state index in [1.165, 1.54) is 6.07 Å². The first-order valence-corrected chi connectivity index (χ1v) is 3.89. The molecule has 0 radical (unpaired) electrons. The number of hydrogen-bond acceptors (Lipinski definition) is 2. The Morgan fingerprint density at radius 1 is 1.50 bits per heavy atom. The minimum absolute atomic E-state index is 0.197. The Morgan fingerprint density at radius 3 is 2.86 bits per heavy atom. The zero-order chi connectivity index (χ0) is 10.3. The third-order valence-electron chi connectivity index (χ3n) is 1.97. The first kappa shape index (κ1) is 8.55. The molecule has 0 saturated heterocycles. The highest BCUT2D eigenvalue weighted by atomic mass is 19.1. The van der Waals surface area contributed by atoms with Gasteiger partial charge in [-0.15, -0.1) is 0 Å². The Kier molecular flexibility index (Phi) is 1.67. The number of halogens is 1. The van der Waals surface area contributed by atoms with Gasteiger partial charge in [-0.25, -0.2) is 9.18 Å². The first-order valence-electron chi connectivity index (χ1n) is 3.89. The summed E-state index contributed by atoms with van der Waals surface area (Å²) >= 11 is 0. The Labute approximate surface area is 78.1 Å². The van der Waals surface area contributed by atoms with E-state index in [2.05, 4.69) is 4.98 Å². The third-order valence-corrected chi connectivity index (χ3v) is 1.97. The molecule has 0 aliphatic carbocycles. The number of aromatic carboxylic acids is 1. The standard InChI is InChI=1S/C9H7FN2O2/c10-7-5-3-4(11)1-2-6(5)12-8(7)9(13)14/h1-3,12H,11H2,(H,13,14). The molecule has 72 valence electrons. The van der Waals surface area contributed by atoms with Gasteiger partial charge in [0.15, 0.2) is 11.5 Å². The molecule has 1 aromatic carbocycles. The van der Waals surface area contributed by atoms with Crippen molar-refractivity contribution in [2.75, 3.05) is 5.73 Å². The lowest BCUT2D eigenvalue weighted by Crippen LogP contribution is -1.98. The number of carboxylic acids is 1. The van der Waals surface area contributed by atoms with Gasteiger partial charge in [0.2, 0.25) is 0 Å². The Bertz CT molecular complexity index is 519. The number of fused-ring (bicyclic) bond motifs is 1. The zero-order valence-electron chi connectivity index (χ0n) is 7.04. The maximum atomic E-state index is 13.4. The topological polar surface area (TPSA) is 79.1 Å². The van der Waals surface area contributed by atoms with Crippen molar-refractivity contribution < 1.29 is 14.3 Å². The summed E-state index contributed by atoms with van der Waals surface area (Å²) in [6, 6.07) is 4.51. The second-order valence-electron chi connectivity index (χ2n) is 2.92. The van der Waals surface area contributed by atoms with Crippen LogP contribution >= 0.6 is 0 Å². The van der Waals surface area contributed by atoms with Crippen LogP contribution in [-0.2, 0) is 0 Å². The molecule has 0 atom stereocenters. The molecule has 0 unspecified atom stereocenters. The highest BCUT2D eigenvalue weighted by Crippen LogP contribution is 2.22. The highest BCUT2D eigenvalue weighted by Gasteiger charge is 2.16. The van der Waals surface area contributed by atoms with Crippen LogP contribution in [0.4, 0.5) is 10.1 Å². The molecule has 0 aliphatic rings. The summed E-state index contributed by atoms with van der Waals surface area (Å²) in [5.41, 5.74) is 5.83. The number of aromatic amines is 1.